The van der Waals surface area contributed by atoms with Gasteiger partial charge in [0.15, 0.2) is 0 Å². The van der Waals surface area contributed by atoms with Crippen molar-refractivity contribution in [3.63, 3.8) is 0 Å². The maximum absolute atomic E-state index is 13.6. The molecule has 0 amide bonds. The van der Waals surface area contributed by atoms with E-state index in [9.17, 15) is 12.8 Å². The van der Waals surface area contributed by atoms with Crippen molar-refractivity contribution in [2.75, 3.05) is 10.5 Å². The first-order valence-corrected chi connectivity index (χ1v) is 7.62. The highest BCUT2D eigenvalue weighted by molar-refractivity contribution is 7.91. The van der Waals surface area contributed by atoms with E-state index < -0.39 is 15.8 Å². The first-order chi connectivity index (χ1) is 9.37. The van der Waals surface area contributed by atoms with Crippen LogP contribution in [0.2, 0.25) is 0 Å². The van der Waals surface area contributed by atoms with Crippen LogP contribution < -0.4 is 10.5 Å². The maximum Gasteiger partial charge on any atom is 0.237 e. The Hall–Kier alpha value is -2.08. The normalized spacial score (nSPS) is 11.3. The Kier molecular flexibility index (Phi) is 3.94. The van der Waals surface area contributed by atoms with E-state index in [-0.39, 0.29) is 11.4 Å². The van der Waals surface area contributed by atoms with Crippen molar-refractivity contribution in [3.05, 3.63) is 59.4 Å². The summed E-state index contributed by atoms with van der Waals surface area (Å²) in [6.07, 6.45) is 0. The molecule has 4 nitrogen and oxygen atoms in total. The quantitative estimate of drug-likeness (QED) is 0.851. The molecule has 0 aromatic heterocycles. The highest BCUT2D eigenvalue weighted by atomic mass is 32.2. The molecule has 2 rings (SSSR count). The standard InChI is InChI=1S/C14H15FN2O2S/c1-10-6-7-12(15)14(8-10)17-20(18,19)9-11-4-2-3-5-13(11)16/h2-8,17H,9,16H2,1H3. The minimum atomic E-state index is -3.72. The predicted octanol–water partition coefficient (Wildman–Crippen LogP) is 2.66. The second-order valence-corrected chi connectivity index (χ2v) is 6.27. The van der Waals surface area contributed by atoms with Gasteiger partial charge < -0.3 is 5.73 Å². The van der Waals surface area contributed by atoms with Gasteiger partial charge in [-0.25, -0.2) is 12.8 Å². The molecular formula is C14H15FN2O2S. The van der Waals surface area contributed by atoms with E-state index >= 15 is 0 Å². The lowest BCUT2D eigenvalue weighted by Crippen LogP contribution is -2.16. The number of nitrogen functional groups attached to an aromatic ring is 1. The molecule has 3 N–H and O–H groups in total. The molecule has 2 aromatic carbocycles. The fourth-order valence-corrected chi connectivity index (χ4v) is 3.03. The summed E-state index contributed by atoms with van der Waals surface area (Å²) < 4.78 is 39.9. The minimum absolute atomic E-state index is 0.0560. The lowest BCUT2D eigenvalue weighted by Gasteiger charge is -2.11. The molecule has 0 aliphatic carbocycles. The van der Waals surface area contributed by atoms with E-state index in [1.165, 1.54) is 12.1 Å². The zero-order chi connectivity index (χ0) is 14.8. The smallest absolute Gasteiger partial charge is 0.237 e. The van der Waals surface area contributed by atoms with Gasteiger partial charge in [-0.2, -0.15) is 0 Å². The number of benzene rings is 2. The van der Waals surface area contributed by atoms with Crippen LogP contribution in [0.1, 0.15) is 11.1 Å². The van der Waals surface area contributed by atoms with Crippen molar-refractivity contribution in [1.82, 2.24) is 0 Å². The number of sulfonamides is 1. The molecule has 0 bridgehead atoms. The number of hydrogen-bond acceptors (Lipinski definition) is 3. The Balaban J connectivity index is 2.24. The number of hydrogen-bond donors (Lipinski definition) is 2. The van der Waals surface area contributed by atoms with Crippen LogP contribution in [0.4, 0.5) is 15.8 Å². The molecule has 0 atom stereocenters. The molecule has 0 unspecified atom stereocenters. The van der Waals surface area contributed by atoms with Gasteiger partial charge in [-0.15, -0.1) is 0 Å². The van der Waals surface area contributed by atoms with Crippen molar-refractivity contribution in [2.45, 2.75) is 12.7 Å². The second kappa shape index (κ2) is 5.50. The molecule has 0 saturated carbocycles. The van der Waals surface area contributed by atoms with Crippen molar-refractivity contribution in [3.8, 4) is 0 Å². The Morgan fingerprint density at radius 3 is 2.60 bits per heavy atom. The predicted molar refractivity (Wildman–Crippen MR) is 78.2 cm³/mol. The SMILES string of the molecule is Cc1ccc(F)c(NS(=O)(=O)Cc2ccccc2N)c1. The molecule has 0 saturated heterocycles. The Morgan fingerprint density at radius 1 is 1.20 bits per heavy atom. The summed E-state index contributed by atoms with van der Waals surface area (Å²) in [5, 5.41) is 0. The number of para-hydroxylation sites is 1. The molecule has 0 heterocycles. The van der Waals surface area contributed by atoms with Crippen molar-refractivity contribution in [1.29, 1.82) is 0 Å². The molecule has 0 radical (unpaired) electrons. The van der Waals surface area contributed by atoms with Crippen LogP contribution >= 0.6 is 0 Å². The fraction of sp³-hybridized carbons (Fsp3) is 0.143. The summed E-state index contributed by atoms with van der Waals surface area (Å²) in [4.78, 5) is 0. The Morgan fingerprint density at radius 2 is 1.90 bits per heavy atom. The van der Waals surface area contributed by atoms with Crippen LogP contribution in [0, 0.1) is 12.7 Å². The van der Waals surface area contributed by atoms with E-state index in [2.05, 4.69) is 4.72 Å². The molecular weight excluding hydrogens is 279 g/mol. The largest absolute Gasteiger partial charge is 0.398 e. The van der Waals surface area contributed by atoms with Gasteiger partial charge in [-0.3, -0.25) is 4.72 Å². The third-order valence-electron chi connectivity index (χ3n) is 2.79. The van der Waals surface area contributed by atoms with Gasteiger partial charge in [0.25, 0.3) is 0 Å². The van der Waals surface area contributed by atoms with Crippen LogP contribution in [0.15, 0.2) is 42.5 Å². The number of anilines is 2. The van der Waals surface area contributed by atoms with Gasteiger partial charge in [0.05, 0.1) is 11.4 Å². The first-order valence-electron chi connectivity index (χ1n) is 5.97. The van der Waals surface area contributed by atoms with Crippen molar-refractivity contribution in [2.24, 2.45) is 0 Å². The summed E-state index contributed by atoms with van der Waals surface area (Å²) >= 11 is 0. The van der Waals surface area contributed by atoms with Crippen LogP contribution in [0.5, 0.6) is 0 Å². The van der Waals surface area contributed by atoms with Crippen LogP contribution in [0.25, 0.3) is 0 Å². The molecule has 106 valence electrons. The van der Waals surface area contributed by atoms with Gasteiger partial charge in [0.2, 0.25) is 10.0 Å². The molecule has 2 aromatic rings. The van der Waals surface area contributed by atoms with E-state index in [4.69, 9.17) is 5.73 Å². The molecule has 20 heavy (non-hydrogen) atoms. The summed E-state index contributed by atoms with van der Waals surface area (Å²) in [5.74, 6) is -0.909. The third kappa shape index (κ3) is 3.48. The van der Waals surface area contributed by atoms with Crippen molar-refractivity contribution < 1.29 is 12.8 Å². The zero-order valence-electron chi connectivity index (χ0n) is 10.9. The molecule has 0 fully saturated rings. The lowest BCUT2D eigenvalue weighted by molar-refractivity contribution is 0.598. The number of halogens is 1. The van der Waals surface area contributed by atoms with Crippen molar-refractivity contribution >= 4 is 21.4 Å². The molecule has 0 spiro atoms. The van der Waals surface area contributed by atoms with Gasteiger partial charge in [0.1, 0.15) is 5.82 Å². The van der Waals surface area contributed by atoms with E-state index in [0.717, 1.165) is 5.56 Å². The zero-order valence-corrected chi connectivity index (χ0v) is 11.7. The number of rotatable bonds is 4. The van der Waals surface area contributed by atoms with Gasteiger partial charge in [-0.1, -0.05) is 24.3 Å². The third-order valence-corrected chi connectivity index (χ3v) is 4.01. The van der Waals surface area contributed by atoms with Gasteiger partial charge in [0, 0.05) is 5.69 Å². The summed E-state index contributed by atoms with van der Waals surface area (Å²) in [6, 6.07) is 10.9. The average molecular weight is 294 g/mol. The van der Waals surface area contributed by atoms with Crippen LogP contribution in [0.3, 0.4) is 0 Å². The van der Waals surface area contributed by atoms with Crippen LogP contribution in [-0.4, -0.2) is 8.42 Å². The lowest BCUT2D eigenvalue weighted by atomic mass is 10.2. The second-order valence-electron chi connectivity index (χ2n) is 4.54. The van der Waals surface area contributed by atoms with E-state index in [1.807, 2.05) is 0 Å². The molecule has 0 aliphatic heterocycles. The van der Waals surface area contributed by atoms with Gasteiger partial charge in [-0.05, 0) is 36.2 Å². The Bertz CT molecular complexity index is 730. The van der Waals surface area contributed by atoms with E-state index in [0.29, 0.717) is 11.3 Å². The van der Waals surface area contributed by atoms with E-state index in [1.54, 1.807) is 37.3 Å². The summed E-state index contributed by atoms with van der Waals surface area (Å²) in [5.41, 5.74) is 7.29. The number of nitrogens with two attached hydrogens (primary N) is 1. The highest BCUT2D eigenvalue weighted by Gasteiger charge is 2.15. The number of nitrogens with one attached hydrogen (secondary N) is 1. The van der Waals surface area contributed by atoms with Gasteiger partial charge >= 0.3 is 0 Å². The first kappa shape index (κ1) is 14.3. The topological polar surface area (TPSA) is 72.2 Å². The summed E-state index contributed by atoms with van der Waals surface area (Å²) in [6.45, 7) is 1.76. The summed E-state index contributed by atoms with van der Waals surface area (Å²) in [7, 11) is -3.72. The fourth-order valence-electron chi connectivity index (χ4n) is 1.79. The highest BCUT2D eigenvalue weighted by Crippen LogP contribution is 2.20. The minimum Gasteiger partial charge on any atom is -0.398 e. The van der Waals surface area contributed by atoms with Crippen LogP contribution in [-0.2, 0) is 15.8 Å². The maximum atomic E-state index is 13.6. The average Bonchev–Trinajstić information content (AvgIpc) is 2.36. The Labute approximate surface area is 117 Å². The monoisotopic (exact) mass is 294 g/mol. The number of aryl methyl sites for hydroxylation is 1. The molecule has 0 aliphatic rings. The molecule has 6 heteroatoms.